The van der Waals surface area contributed by atoms with E-state index < -0.39 is 10.0 Å². The van der Waals surface area contributed by atoms with Crippen molar-refractivity contribution in [3.05, 3.63) is 0 Å². The lowest BCUT2D eigenvalue weighted by Crippen LogP contribution is -2.20. The van der Waals surface area contributed by atoms with Gasteiger partial charge in [0.2, 0.25) is 10.0 Å². The molecule has 0 aliphatic rings. The van der Waals surface area contributed by atoms with Gasteiger partial charge in [0, 0.05) is 0 Å². The molecule has 9 heavy (non-hydrogen) atoms. The van der Waals surface area contributed by atoms with E-state index in [4.69, 9.17) is 5.73 Å². The first-order valence-corrected chi connectivity index (χ1v) is 4.08. The molecule has 0 aliphatic heterocycles. The van der Waals surface area contributed by atoms with Crippen molar-refractivity contribution >= 4 is 10.0 Å². The fourth-order valence-electron chi connectivity index (χ4n) is 0.312. The van der Waals surface area contributed by atoms with Crippen LogP contribution < -0.4 is 10.7 Å². The van der Waals surface area contributed by atoms with Crippen molar-refractivity contribution in [2.75, 3.05) is 12.3 Å². The van der Waals surface area contributed by atoms with Crippen molar-refractivity contribution < 1.29 is 12.9 Å². The van der Waals surface area contributed by atoms with Crippen molar-refractivity contribution in [1.82, 2.24) is 4.94 Å². The topological polar surface area (TPSA) is 72.2 Å². The van der Waals surface area contributed by atoms with Crippen LogP contribution >= 0.6 is 0 Å². The summed E-state index contributed by atoms with van der Waals surface area (Å²) in [6.07, 6.45) is 0.277. The first-order chi connectivity index (χ1) is 4.12. The summed E-state index contributed by atoms with van der Waals surface area (Å²) in [5.74, 6) is -0.250. The van der Waals surface area contributed by atoms with Crippen LogP contribution in [0.5, 0.6) is 0 Å². The largest absolute Gasteiger partial charge is 0.330 e. The molecule has 0 bridgehead atoms. The van der Waals surface area contributed by atoms with E-state index in [1.54, 1.807) is 0 Å². The molecular formula is C3H9FN2O2S. The van der Waals surface area contributed by atoms with Crippen LogP contribution in [0.4, 0.5) is 4.48 Å². The Morgan fingerprint density at radius 3 is 2.44 bits per heavy atom. The van der Waals surface area contributed by atoms with Gasteiger partial charge in [-0.15, -0.1) is 4.48 Å². The predicted molar refractivity (Wildman–Crippen MR) is 31.7 cm³/mol. The fourth-order valence-corrected chi connectivity index (χ4v) is 0.936. The molecule has 0 amide bonds. The minimum absolute atomic E-state index is 0.250. The molecule has 0 aliphatic carbocycles. The van der Waals surface area contributed by atoms with Gasteiger partial charge in [0.1, 0.15) is 0 Å². The quantitative estimate of drug-likeness (QED) is 0.520. The van der Waals surface area contributed by atoms with Gasteiger partial charge in [0.25, 0.3) is 0 Å². The van der Waals surface area contributed by atoms with Gasteiger partial charge in [-0.3, -0.25) is 0 Å². The normalized spacial score (nSPS) is 11.8. The van der Waals surface area contributed by atoms with Gasteiger partial charge in [0.15, 0.2) is 0 Å². The summed E-state index contributed by atoms with van der Waals surface area (Å²) in [6, 6.07) is 0. The highest BCUT2D eigenvalue weighted by molar-refractivity contribution is 7.89. The Morgan fingerprint density at radius 2 is 2.11 bits per heavy atom. The maximum atomic E-state index is 11.2. The lowest BCUT2D eigenvalue weighted by Gasteiger charge is -1.95. The smallest absolute Gasteiger partial charge is 0.237 e. The third kappa shape index (κ3) is 4.31. The highest BCUT2D eigenvalue weighted by Gasteiger charge is 2.06. The zero-order valence-electron chi connectivity index (χ0n) is 4.80. The first-order valence-electron chi connectivity index (χ1n) is 2.42. The second kappa shape index (κ2) is 3.76. The van der Waals surface area contributed by atoms with Crippen molar-refractivity contribution in [2.24, 2.45) is 5.73 Å². The molecule has 6 heteroatoms. The van der Waals surface area contributed by atoms with Gasteiger partial charge < -0.3 is 5.73 Å². The number of nitrogens with two attached hydrogens (primary N) is 1. The molecule has 0 unspecified atom stereocenters. The zero-order chi connectivity index (χ0) is 7.33. The van der Waals surface area contributed by atoms with E-state index in [0.29, 0.717) is 4.94 Å². The van der Waals surface area contributed by atoms with Crippen LogP contribution in [0.15, 0.2) is 0 Å². The number of nitrogens with one attached hydrogen (secondary N) is 1. The lowest BCUT2D eigenvalue weighted by molar-refractivity contribution is 0.425. The van der Waals surface area contributed by atoms with E-state index in [1.165, 1.54) is 0 Å². The molecule has 0 heterocycles. The first kappa shape index (κ1) is 8.80. The van der Waals surface area contributed by atoms with E-state index in [0.717, 1.165) is 0 Å². The molecule has 0 rings (SSSR count). The third-order valence-corrected chi connectivity index (χ3v) is 1.80. The van der Waals surface area contributed by atoms with Crippen molar-refractivity contribution in [3.8, 4) is 0 Å². The molecule has 0 fully saturated rings. The van der Waals surface area contributed by atoms with Crippen LogP contribution in [-0.4, -0.2) is 20.7 Å². The van der Waals surface area contributed by atoms with E-state index in [9.17, 15) is 12.9 Å². The Kier molecular flexibility index (Phi) is 3.67. The van der Waals surface area contributed by atoms with Crippen LogP contribution in [0.25, 0.3) is 0 Å². The van der Waals surface area contributed by atoms with Gasteiger partial charge >= 0.3 is 0 Å². The van der Waals surface area contributed by atoms with Gasteiger partial charge in [0.05, 0.1) is 5.75 Å². The number of rotatable bonds is 4. The SMILES string of the molecule is NCCCS(=O)(=O)NF. The van der Waals surface area contributed by atoms with Crippen molar-refractivity contribution in [1.29, 1.82) is 0 Å². The Morgan fingerprint density at radius 1 is 1.56 bits per heavy atom. The third-order valence-electron chi connectivity index (χ3n) is 0.735. The average Bonchev–Trinajstić information content (AvgIpc) is 1.84. The summed E-state index contributed by atoms with van der Waals surface area (Å²) >= 11 is 0. The van der Waals surface area contributed by atoms with Crippen LogP contribution in [0.1, 0.15) is 6.42 Å². The summed E-state index contributed by atoms with van der Waals surface area (Å²) in [7, 11) is -3.68. The number of sulfonamides is 1. The molecule has 0 aromatic carbocycles. The predicted octanol–water partition coefficient (Wildman–Crippen LogP) is -0.861. The van der Waals surface area contributed by atoms with Crippen LogP contribution in [0, 0.1) is 0 Å². The monoisotopic (exact) mass is 156 g/mol. The van der Waals surface area contributed by atoms with Crippen molar-refractivity contribution in [3.63, 3.8) is 0 Å². The minimum atomic E-state index is -3.68. The maximum absolute atomic E-state index is 11.2. The van der Waals surface area contributed by atoms with Crippen LogP contribution in [0.2, 0.25) is 0 Å². The highest BCUT2D eigenvalue weighted by atomic mass is 32.2. The van der Waals surface area contributed by atoms with E-state index in [1.807, 2.05) is 0 Å². The minimum Gasteiger partial charge on any atom is -0.330 e. The second-order valence-corrected chi connectivity index (χ2v) is 3.33. The number of halogens is 1. The Hall–Kier alpha value is -0.200. The lowest BCUT2D eigenvalue weighted by atomic mass is 10.5. The molecule has 0 aromatic heterocycles. The zero-order valence-corrected chi connectivity index (χ0v) is 5.62. The summed E-state index contributed by atoms with van der Waals surface area (Å²) in [6.45, 7) is 0.251. The highest BCUT2D eigenvalue weighted by Crippen LogP contribution is 1.86. The molecule has 0 aromatic rings. The maximum Gasteiger partial charge on any atom is 0.237 e. The second-order valence-electron chi connectivity index (χ2n) is 1.54. The number of hydrogen-bond acceptors (Lipinski definition) is 3. The molecule has 56 valence electrons. The Labute approximate surface area is 53.2 Å². The molecule has 0 spiro atoms. The summed E-state index contributed by atoms with van der Waals surface area (Å²) in [5, 5.41) is 0. The fraction of sp³-hybridized carbons (Fsp3) is 1.00. The van der Waals surface area contributed by atoms with Crippen molar-refractivity contribution in [2.45, 2.75) is 6.42 Å². The number of hydrogen-bond donors (Lipinski definition) is 2. The molecule has 3 N–H and O–H groups in total. The van der Waals surface area contributed by atoms with Gasteiger partial charge in [-0.05, 0) is 13.0 Å². The molecule has 0 saturated carbocycles. The van der Waals surface area contributed by atoms with E-state index in [-0.39, 0.29) is 18.7 Å². The summed E-state index contributed by atoms with van der Waals surface area (Å²) in [5.41, 5.74) is 4.98. The Bertz CT molecular complexity index is 155. The average molecular weight is 156 g/mol. The molecule has 0 radical (unpaired) electrons. The Balaban J connectivity index is 3.61. The van der Waals surface area contributed by atoms with Crippen LogP contribution in [-0.2, 0) is 10.0 Å². The van der Waals surface area contributed by atoms with E-state index in [2.05, 4.69) is 0 Å². The molecule has 4 nitrogen and oxygen atoms in total. The summed E-state index contributed by atoms with van der Waals surface area (Å²) < 4.78 is 31.6. The van der Waals surface area contributed by atoms with Crippen LogP contribution in [0.3, 0.4) is 0 Å². The van der Waals surface area contributed by atoms with Gasteiger partial charge in [-0.25, -0.2) is 8.42 Å². The van der Waals surface area contributed by atoms with Gasteiger partial charge in [-0.1, -0.05) is 4.94 Å². The summed E-state index contributed by atoms with van der Waals surface area (Å²) in [4.78, 5) is 0.693. The molecular weight excluding hydrogens is 147 g/mol. The van der Waals surface area contributed by atoms with Gasteiger partial charge in [-0.2, -0.15) is 0 Å². The molecule has 0 atom stereocenters. The standard InChI is InChI=1S/C3H9FN2O2S/c4-6-9(7,8)3-1-2-5/h6H,1-3,5H2. The van der Waals surface area contributed by atoms with E-state index >= 15 is 0 Å². The molecule has 0 saturated heterocycles.